The molecule has 1 saturated heterocycles. The third kappa shape index (κ3) is 6.23. The SMILES string of the molecule is CC(C)(F)C(=O)NCc1cnc(C(F)F)c(C(=O)Nc2ccc3c(c2)cc(-c2ccc(Cl)cc2)n3[C@H]2CCOC2)c1. The maximum absolute atomic E-state index is 13.8. The number of benzene rings is 2. The molecule has 1 aliphatic heterocycles. The summed E-state index contributed by atoms with van der Waals surface area (Å²) in [7, 11) is 0. The van der Waals surface area contributed by atoms with Crippen LogP contribution in [0.25, 0.3) is 22.2 Å². The summed E-state index contributed by atoms with van der Waals surface area (Å²) in [4.78, 5) is 28.8. The van der Waals surface area contributed by atoms with Crippen LogP contribution < -0.4 is 10.6 Å². The lowest BCUT2D eigenvalue weighted by Crippen LogP contribution is -2.38. The van der Waals surface area contributed by atoms with Crippen molar-refractivity contribution in [1.29, 1.82) is 0 Å². The van der Waals surface area contributed by atoms with Gasteiger partial charge in [-0.25, -0.2) is 13.2 Å². The number of ether oxygens (including phenoxy) is 1. The van der Waals surface area contributed by atoms with Crippen molar-refractivity contribution in [2.24, 2.45) is 0 Å². The van der Waals surface area contributed by atoms with Gasteiger partial charge in [0.25, 0.3) is 18.2 Å². The minimum atomic E-state index is -3.00. The molecule has 2 aromatic carbocycles. The highest BCUT2D eigenvalue weighted by Crippen LogP contribution is 2.36. The van der Waals surface area contributed by atoms with Crippen LogP contribution in [0.4, 0.5) is 18.9 Å². The molecule has 0 spiro atoms. The van der Waals surface area contributed by atoms with Crippen LogP contribution in [0.15, 0.2) is 60.8 Å². The third-order valence-corrected chi connectivity index (χ3v) is 7.18. The number of halogens is 4. The second-order valence-electron chi connectivity index (χ2n) is 10.4. The number of rotatable bonds is 8. The zero-order valence-corrected chi connectivity index (χ0v) is 23.1. The first-order chi connectivity index (χ1) is 19.5. The van der Waals surface area contributed by atoms with Gasteiger partial charge in [-0.3, -0.25) is 14.6 Å². The van der Waals surface area contributed by atoms with Gasteiger partial charge in [0.05, 0.1) is 18.2 Å². The summed E-state index contributed by atoms with van der Waals surface area (Å²) in [6.07, 6.45) is -1.02. The number of fused-ring (bicyclic) bond motifs is 1. The molecule has 2 aromatic heterocycles. The van der Waals surface area contributed by atoms with E-state index in [1.54, 1.807) is 12.1 Å². The third-order valence-electron chi connectivity index (χ3n) is 6.93. The van der Waals surface area contributed by atoms with Crippen LogP contribution in [0.3, 0.4) is 0 Å². The van der Waals surface area contributed by atoms with E-state index in [0.29, 0.717) is 23.9 Å². The molecule has 0 unspecified atom stereocenters. The molecule has 214 valence electrons. The Morgan fingerprint density at radius 3 is 2.56 bits per heavy atom. The van der Waals surface area contributed by atoms with Gasteiger partial charge in [0.15, 0.2) is 5.67 Å². The second kappa shape index (κ2) is 11.5. The number of anilines is 1. The van der Waals surface area contributed by atoms with E-state index < -0.39 is 29.6 Å². The smallest absolute Gasteiger partial charge is 0.281 e. The molecule has 11 heteroatoms. The number of alkyl halides is 3. The van der Waals surface area contributed by atoms with Gasteiger partial charge in [-0.2, -0.15) is 0 Å². The first-order valence-corrected chi connectivity index (χ1v) is 13.4. The summed E-state index contributed by atoms with van der Waals surface area (Å²) in [5.41, 5.74) is 0.399. The van der Waals surface area contributed by atoms with E-state index in [9.17, 15) is 22.8 Å². The van der Waals surface area contributed by atoms with Gasteiger partial charge in [-0.1, -0.05) is 23.7 Å². The normalized spacial score (nSPS) is 15.4. The van der Waals surface area contributed by atoms with Gasteiger partial charge in [0.1, 0.15) is 5.69 Å². The summed E-state index contributed by atoms with van der Waals surface area (Å²) in [5.74, 6) is -1.66. The molecule has 7 nitrogen and oxygen atoms in total. The number of carbonyl (C=O) groups excluding carboxylic acids is 2. The molecule has 0 saturated carbocycles. The zero-order valence-electron chi connectivity index (χ0n) is 22.4. The van der Waals surface area contributed by atoms with Gasteiger partial charge >= 0.3 is 0 Å². The van der Waals surface area contributed by atoms with Crippen molar-refractivity contribution < 1.29 is 27.5 Å². The quantitative estimate of drug-likeness (QED) is 0.237. The van der Waals surface area contributed by atoms with Gasteiger partial charge < -0.3 is 19.9 Å². The molecule has 1 fully saturated rings. The Bertz CT molecular complexity index is 1590. The van der Waals surface area contributed by atoms with Crippen LogP contribution in [0.5, 0.6) is 0 Å². The molecule has 2 amide bonds. The van der Waals surface area contributed by atoms with Crippen LogP contribution in [-0.4, -0.2) is 40.2 Å². The molecular formula is C30H28ClF3N4O3. The van der Waals surface area contributed by atoms with Crippen molar-refractivity contribution in [3.05, 3.63) is 82.6 Å². The fourth-order valence-corrected chi connectivity index (χ4v) is 4.96. The number of carbonyl (C=O) groups is 2. The molecule has 5 rings (SSSR count). The number of nitrogens with one attached hydrogen (secondary N) is 2. The average Bonchev–Trinajstić information content (AvgIpc) is 3.59. The van der Waals surface area contributed by atoms with E-state index >= 15 is 0 Å². The molecule has 4 aromatic rings. The predicted octanol–water partition coefficient (Wildman–Crippen LogP) is 6.87. The minimum absolute atomic E-state index is 0.129. The summed E-state index contributed by atoms with van der Waals surface area (Å²) in [6.45, 7) is 3.26. The van der Waals surface area contributed by atoms with Crippen molar-refractivity contribution >= 4 is 40.0 Å². The molecule has 0 bridgehead atoms. The van der Waals surface area contributed by atoms with Gasteiger partial charge in [0, 0.05) is 46.7 Å². The maximum Gasteiger partial charge on any atom is 0.281 e. The van der Waals surface area contributed by atoms with Crippen molar-refractivity contribution in [2.45, 2.75) is 44.9 Å². The fraction of sp³-hybridized carbons (Fsp3) is 0.300. The van der Waals surface area contributed by atoms with Crippen LogP contribution in [0, 0.1) is 0 Å². The van der Waals surface area contributed by atoms with Crippen LogP contribution in [0.1, 0.15) is 54.4 Å². The van der Waals surface area contributed by atoms with Gasteiger partial charge in [-0.15, -0.1) is 0 Å². The molecule has 1 atom stereocenters. The monoisotopic (exact) mass is 584 g/mol. The lowest BCUT2D eigenvalue weighted by molar-refractivity contribution is -0.130. The first-order valence-electron chi connectivity index (χ1n) is 13.1. The first kappa shape index (κ1) is 28.6. The van der Waals surface area contributed by atoms with E-state index in [4.69, 9.17) is 16.3 Å². The summed E-state index contributed by atoms with van der Waals surface area (Å²) < 4.78 is 49.2. The highest BCUT2D eigenvalue weighted by atomic mass is 35.5. The van der Waals surface area contributed by atoms with Gasteiger partial charge in [-0.05, 0) is 73.9 Å². The highest BCUT2D eigenvalue weighted by molar-refractivity contribution is 6.30. The Kier molecular flexibility index (Phi) is 8.06. The maximum atomic E-state index is 13.8. The molecule has 3 heterocycles. The standard InChI is InChI=1S/C30H28ClF3N4O3/c1-30(2,34)29(40)36-15-17-11-23(26(27(32)33)35-14-17)28(39)37-21-7-8-24-19(12-21)13-25(18-3-5-20(31)6-4-18)38(24)22-9-10-41-16-22/h3-8,11-14,22,27H,9-10,15-16H2,1-2H3,(H,36,40)(H,37,39)/t22-/m0/s1. The molecule has 1 aliphatic rings. The predicted molar refractivity (Wildman–Crippen MR) is 151 cm³/mol. The number of amides is 2. The summed E-state index contributed by atoms with van der Waals surface area (Å²) in [6, 6.07) is 16.2. The largest absolute Gasteiger partial charge is 0.379 e. The van der Waals surface area contributed by atoms with E-state index in [2.05, 4.69) is 20.2 Å². The van der Waals surface area contributed by atoms with Crippen molar-refractivity contribution in [3.8, 4) is 11.3 Å². The Balaban J connectivity index is 1.45. The lowest BCUT2D eigenvalue weighted by atomic mass is 10.1. The number of pyridine rings is 1. The van der Waals surface area contributed by atoms with Crippen LogP contribution in [0.2, 0.25) is 5.02 Å². The number of hydrogen-bond acceptors (Lipinski definition) is 4. The lowest BCUT2D eigenvalue weighted by Gasteiger charge is -2.17. The summed E-state index contributed by atoms with van der Waals surface area (Å²) in [5, 5.41) is 6.55. The van der Waals surface area contributed by atoms with E-state index in [0.717, 1.165) is 48.6 Å². The Morgan fingerprint density at radius 2 is 1.90 bits per heavy atom. The molecular weight excluding hydrogens is 557 g/mol. The van der Waals surface area contributed by atoms with Gasteiger partial charge in [0.2, 0.25) is 0 Å². The second-order valence-corrected chi connectivity index (χ2v) is 10.8. The topological polar surface area (TPSA) is 85.3 Å². The zero-order chi connectivity index (χ0) is 29.3. The Hall–Kier alpha value is -3.89. The minimum Gasteiger partial charge on any atom is -0.379 e. The molecule has 0 radical (unpaired) electrons. The van der Waals surface area contributed by atoms with Crippen LogP contribution >= 0.6 is 11.6 Å². The number of nitrogens with zero attached hydrogens (tertiary/aromatic N) is 2. The Labute approximate surface area is 239 Å². The van der Waals surface area contributed by atoms with E-state index in [1.807, 2.05) is 36.4 Å². The average molecular weight is 585 g/mol. The number of hydrogen-bond donors (Lipinski definition) is 2. The van der Waals surface area contributed by atoms with Crippen molar-refractivity contribution in [3.63, 3.8) is 0 Å². The van der Waals surface area contributed by atoms with Crippen LogP contribution in [-0.2, 0) is 16.1 Å². The summed E-state index contributed by atoms with van der Waals surface area (Å²) >= 11 is 6.10. The highest BCUT2D eigenvalue weighted by Gasteiger charge is 2.27. The van der Waals surface area contributed by atoms with E-state index in [1.165, 1.54) is 6.07 Å². The number of aromatic nitrogens is 2. The van der Waals surface area contributed by atoms with E-state index in [-0.39, 0.29) is 23.7 Å². The molecule has 2 N–H and O–H groups in total. The fourth-order valence-electron chi connectivity index (χ4n) is 4.84. The Morgan fingerprint density at radius 1 is 1.15 bits per heavy atom. The molecule has 41 heavy (non-hydrogen) atoms. The molecule has 0 aliphatic carbocycles. The van der Waals surface area contributed by atoms with Crippen molar-refractivity contribution in [1.82, 2.24) is 14.9 Å². The van der Waals surface area contributed by atoms with Crippen molar-refractivity contribution in [2.75, 3.05) is 18.5 Å².